The van der Waals surface area contributed by atoms with Crippen molar-refractivity contribution in [3.05, 3.63) is 89.5 Å². The average molecular weight is 715 g/mol. The molecule has 3 rings (SSSR count). The van der Waals surface area contributed by atoms with E-state index in [1.54, 1.807) is 12.1 Å². The van der Waals surface area contributed by atoms with Crippen LogP contribution in [0.5, 0.6) is 5.75 Å². The Bertz CT molecular complexity index is 1560. The van der Waals surface area contributed by atoms with Crippen molar-refractivity contribution in [3.63, 3.8) is 0 Å². The summed E-state index contributed by atoms with van der Waals surface area (Å²) in [5.74, 6) is -2.52. The van der Waals surface area contributed by atoms with Gasteiger partial charge < -0.3 is 18.9 Å². The second-order valence-corrected chi connectivity index (χ2v) is 13.1. The Labute approximate surface area is 308 Å². The first kappa shape index (κ1) is 41.6. The van der Waals surface area contributed by atoms with E-state index >= 15 is 0 Å². The molecular weight excluding hydrogens is 660 g/mol. The van der Waals surface area contributed by atoms with E-state index < -0.39 is 36.1 Å². The molecule has 0 aliphatic rings. The number of ketones is 1. The first-order valence-electron chi connectivity index (χ1n) is 18.8. The molecule has 0 bridgehead atoms. The predicted molar refractivity (Wildman–Crippen MR) is 200 cm³/mol. The van der Waals surface area contributed by atoms with Gasteiger partial charge >= 0.3 is 23.9 Å². The molecule has 9 nitrogen and oxygen atoms in total. The highest BCUT2D eigenvalue weighted by Gasteiger charge is 2.26. The summed E-state index contributed by atoms with van der Waals surface area (Å²) in [7, 11) is 0. The summed E-state index contributed by atoms with van der Waals surface area (Å²) in [6.07, 6.45) is 11.5. The van der Waals surface area contributed by atoms with Crippen molar-refractivity contribution in [2.75, 3.05) is 6.61 Å². The van der Waals surface area contributed by atoms with Gasteiger partial charge in [0.1, 0.15) is 5.75 Å². The lowest BCUT2D eigenvalue weighted by Gasteiger charge is -2.16. The van der Waals surface area contributed by atoms with Crippen molar-refractivity contribution >= 4 is 29.7 Å². The van der Waals surface area contributed by atoms with Gasteiger partial charge in [-0.05, 0) is 74.2 Å². The number of hydrogen-bond acceptors (Lipinski definition) is 9. The Kier molecular flexibility index (Phi) is 18.3. The molecule has 0 fully saturated rings. The molecule has 0 aliphatic heterocycles. The summed E-state index contributed by atoms with van der Waals surface area (Å²) in [5, 5.41) is 0. The fourth-order valence-electron chi connectivity index (χ4n) is 5.45. The van der Waals surface area contributed by atoms with Crippen LogP contribution < -0.4 is 4.74 Å². The molecule has 0 amide bonds. The SMILES string of the molecule is CCCCCCCCCCC(=O)c1ccc(-c2ccc(C(=O)Oc3ccc(C(=O)O[C@@H](C)C(=O)O[C@@H](C)C(=O)OCCCCCC)cc3)cc2)cc1. The van der Waals surface area contributed by atoms with Crippen LogP contribution in [0, 0.1) is 0 Å². The van der Waals surface area contributed by atoms with Crippen LogP contribution >= 0.6 is 0 Å². The zero-order valence-corrected chi connectivity index (χ0v) is 31.2. The van der Waals surface area contributed by atoms with E-state index in [4.69, 9.17) is 18.9 Å². The molecule has 0 aromatic heterocycles. The predicted octanol–water partition coefficient (Wildman–Crippen LogP) is 9.89. The van der Waals surface area contributed by atoms with E-state index in [0.29, 0.717) is 17.5 Å². The van der Waals surface area contributed by atoms with Gasteiger partial charge in [0.2, 0.25) is 0 Å². The molecule has 9 heteroatoms. The normalized spacial score (nSPS) is 12.0. The summed E-state index contributed by atoms with van der Waals surface area (Å²) in [4.78, 5) is 62.5. The van der Waals surface area contributed by atoms with Crippen LogP contribution in [0.4, 0.5) is 0 Å². The number of esters is 4. The van der Waals surface area contributed by atoms with Crippen molar-refractivity contribution in [1.29, 1.82) is 0 Å². The Hall–Kier alpha value is -4.79. The van der Waals surface area contributed by atoms with Gasteiger partial charge in [-0.15, -0.1) is 0 Å². The summed E-state index contributed by atoms with van der Waals surface area (Å²) >= 11 is 0. The summed E-state index contributed by atoms with van der Waals surface area (Å²) in [6.45, 7) is 7.30. The number of benzene rings is 3. The second-order valence-electron chi connectivity index (χ2n) is 13.1. The maximum Gasteiger partial charge on any atom is 0.348 e. The summed E-state index contributed by atoms with van der Waals surface area (Å²) < 4.78 is 20.9. The molecule has 3 aromatic rings. The number of Topliss-reactive ketones (excluding diaryl/α,β-unsaturated/α-hetero) is 1. The van der Waals surface area contributed by atoms with Gasteiger partial charge in [0.05, 0.1) is 17.7 Å². The number of unbranched alkanes of at least 4 members (excludes halogenated alkanes) is 10. The highest BCUT2D eigenvalue weighted by Crippen LogP contribution is 2.23. The lowest BCUT2D eigenvalue weighted by Crippen LogP contribution is -2.33. The van der Waals surface area contributed by atoms with Gasteiger partial charge in [-0.3, -0.25) is 4.79 Å². The van der Waals surface area contributed by atoms with Gasteiger partial charge in [-0.1, -0.05) is 114 Å². The third-order valence-electron chi connectivity index (χ3n) is 8.70. The van der Waals surface area contributed by atoms with Gasteiger partial charge in [0.15, 0.2) is 18.0 Å². The number of rotatable bonds is 23. The zero-order valence-electron chi connectivity index (χ0n) is 31.2. The van der Waals surface area contributed by atoms with E-state index in [0.717, 1.165) is 49.7 Å². The van der Waals surface area contributed by atoms with Crippen LogP contribution in [0.25, 0.3) is 11.1 Å². The van der Waals surface area contributed by atoms with Gasteiger partial charge in [-0.25, -0.2) is 19.2 Å². The van der Waals surface area contributed by atoms with Crippen LogP contribution in [-0.2, 0) is 23.8 Å². The lowest BCUT2D eigenvalue weighted by molar-refractivity contribution is -0.171. The minimum absolute atomic E-state index is 0.129. The molecule has 0 heterocycles. The fraction of sp³-hybridized carbons (Fsp3) is 0.465. The molecule has 0 N–H and O–H groups in total. The Morgan fingerprint density at radius 2 is 0.962 bits per heavy atom. The summed E-state index contributed by atoms with van der Waals surface area (Å²) in [6, 6.07) is 20.2. The molecule has 280 valence electrons. The van der Waals surface area contributed by atoms with Crippen LogP contribution in [-0.4, -0.2) is 48.5 Å². The molecule has 0 saturated carbocycles. The van der Waals surface area contributed by atoms with Crippen molar-refractivity contribution in [2.45, 2.75) is 123 Å². The molecule has 2 atom stereocenters. The molecule has 52 heavy (non-hydrogen) atoms. The smallest absolute Gasteiger partial charge is 0.348 e. The zero-order chi connectivity index (χ0) is 37.7. The van der Waals surface area contributed by atoms with Gasteiger partial charge in [0.25, 0.3) is 0 Å². The van der Waals surface area contributed by atoms with E-state index in [1.807, 2.05) is 36.4 Å². The molecule has 0 radical (unpaired) electrons. The third-order valence-corrected chi connectivity index (χ3v) is 8.70. The van der Waals surface area contributed by atoms with Gasteiger partial charge in [0, 0.05) is 12.0 Å². The molecule has 0 spiro atoms. The van der Waals surface area contributed by atoms with Crippen molar-refractivity contribution in [1.82, 2.24) is 0 Å². The topological polar surface area (TPSA) is 122 Å². The van der Waals surface area contributed by atoms with Crippen LogP contribution in [0.1, 0.15) is 142 Å². The first-order chi connectivity index (χ1) is 25.1. The first-order valence-corrected chi connectivity index (χ1v) is 18.8. The Morgan fingerprint density at radius 1 is 0.500 bits per heavy atom. The third kappa shape index (κ3) is 14.4. The van der Waals surface area contributed by atoms with Crippen LogP contribution in [0.2, 0.25) is 0 Å². The molecule has 0 aliphatic carbocycles. The maximum absolute atomic E-state index is 12.8. The van der Waals surface area contributed by atoms with E-state index in [-0.39, 0.29) is 23.7 Å². The highest BCUT2D eigenvalue weighted by atomic mass is 16.6. The standard InChI is InChI=1S/C43H54O9/c1-5-7-9-11-12-13-14-15-17-39(44)35-22-18-33(19-23-35)34-20-24-36(25-21-34)43(48)52-38-28-26-37(27-29-38)42(47)51-32(4)41(46)50-31(3)40(45)49-30-16-10-8-6-2/h18-29,31-32H,5-17,30H2,1-4H3/t31-,32-/m0/s1. The molecule has 3 aromatic carbocycles. The number of hydrogen-bond donors (Lipinski definition) is 0. The minimum atomic E-state index is -1.27. The largest absolute Gasteiger partial charge is 0.463 e. The second kappa shape index (κ2) is 22.9. The molecular formula is C43H54O9. The van der Waals surface area contributed by atoms with E-state index in [1.165, 1.54) is 76.6 Å². The van der Waals surface area contributed by atoms with Gasteiger partial charge in [-0.2, -0.15) is 0 Å². The van der Waals surface area contributed by atoms with E-state index in [2.05, 4.69) is 13.8 Å². The Balaban J connectivity index is 1.42. The maximum atomic E-state index is 12.8. The fourth-order valence-corrected chi connectivity index (χ4v) is 5.45. The number of ether oxygens (including phenoxy) is 4. The van der Waals surface area contributed by atoms with Crippen molar-refractivity contribution < 1.29 is 42.9 Å². The molecule has 0 unspecified atom stereocenters. The quantitative estimate of drug-likeness (QED) is 0.0310. The lowest BCUT2D eigenvalue weighted by atomic mass is 9.99. The summed E-state index contributed by atoms with van der Waals surface area (Å²) in [5.41, 5.74) is 3.00. The van der Waals surface area contributed by atoms with Crippen LogP contribution in [0.15, 0.2) is 72.8 Å². The number of carbonyl (C=O) groups is 5. The van der Waals surface area contributed by atoms with Crippen molar-refractivity contribution in [3.8, 4) is 16.9 Å². The Morgan fingerprint density at radius 3 is 1.54 bits per heavy atom. The molecule has 0 saturated heterocycles. The number of carbonyl (C=O) groups excluding carboxylic acids is 5. The highest BCUT2D eigenvalue weighted by molar-refractivity contribution is 5.96. The average Bonchev–Trinajstić information content (AvgIpc) is 3.15. The van der Waals surface area contributed by atoms with E-state index in [9.17, 15) is 24.0 Å². The monoisotopic (exact) mass is 714 g/mol. The minimum Gasteiger partial charge on any atom is -0.463 e. The van der Waals surface area contributed by atoms with Crippen molar-refractivity contribution in [2.24, 2.45) is 0 Å². The van der Waals surface area contributed by atoms with Crippen LogP contribution in [0.3, 0.4) is 0 Å².